The van der Waals surface area contributed by atoms with Gasteiger partial charge in [-0.2, -0.15) is 0 Å². The molecule has 4 heteroatoms. The van der Waals surface area contributed by atoms with Crippen LogP contribution in [0.3, 0.4) is 0 Å². The first-order valence-corrected chi connectivity index (χ1v) is 11.1. The quantitative estimate of drug-likeness (QED) is 0.766. The summed E-state index contributed by atoms with van der Waals surface area (Å²) in [6.07, 6.45) is 4.49. The lowest BCUT2D eigenvalue weighted by Crippen LogP contribution is -2.45. The van der Waals surface area contributed by atoms with Gasteiger partial charge < -0.3 is 10.0 Å². The molecule has 1 N–H and O–H groups in total. The average Bonchev–Trinajstić information content (AvgIpc) is 3.66. The van der Waals surface area contributed by atoms with Crippen LogP contribution in [0, 0.1) is 12.3 Å². The molecule has 1 saturated heterocycles. The largest absolute Gasteiger partial charge is 0.380 e. The summed E-state index contributed by atoms with van der Waals surface area (Å²) in [6, 6.07) is 14.7. The van der Waals surface area contributed by atoms with E-state index in [0.29, 0.717) is 24.2 Å². The molecule has 156 valence electrons. The first kappa shape index (κ1) is 19.5. The van der Waals surface area contributed by atoms with E-state index < -0.39 is 5.60 Å². The molecular formula is C26H29NO3. The number of hydrogen-bond acceptors (Lipinski definition) is 3. The van der Waals surface area contributed by atoms with Crippen molar-refractivity contribution < 1.29 is 14.7 Å². The average molecular weight is 404 g/mol. The van der Waals surface area contributed by atoms with Crippen LogP contribution in [0.2, 0.25) is 0 Å². The van der Waals surface area contributed by atoms with Crippen LogP contribution in [0.5, 0.6) is 0 Å². The standard InChI is InChI=1S/C26H29NO3/c1-17-3-4-21(18(2)28)15-22(17)19-5-7-20(8-6-19)23-16-25(23)11-13-27(14-12-25)24(29)26(30)9-10-26/h3-8,15,23,30H,9-14,16H2,1-2H3. The molecule has 1 amide bonds. The maximum atomic E-state index is 12.4. The number of likely N-dealkylation sites (tertiary alicyclic amines) is 1. The van der Waals surface area contributed by atoms with E-state index in [1.807, 2.05) is 23.1 Å². The molecule has 30 heavy (non-hydrogen) atoms. The Morgan fingerprint density at radius 3 is 2.27 bits per heavy atom. The highest BCUT2D eigenvalue weighted by molar-refractivity contribution is 5.95. The van der Waals surface area contributed by atoms with E-state index in [1.54, 1.807) is 6.92 Å². The van der Waals surface area contributed by atoms with E-state index in [1.165, 1.54) is 17.5 Å². The molecule has 2 aliphatic carbocycles. The number of rotatable bonds is 4. The Morgan fingerprint density at radius 2 is 1.67 bits per heavy atom. The minimum absolute atomic E-state index is 0.0536. The molecule has 1 atom stereocenters. The number of Topliss-reactive ketones (excluding diaryl/α,β-unsaturated/α-hetero) is 1. The lowest BCUT2D eigenvalue weighted by Gasteiger charge is -2.34. The highest BCUT2D eigenvalue weighted by Crippen LogP contribution is 2.65. The first-order valence-electron chi connectivity index (χ1n) is 11.1. The number of carbonyl (C=O) groups is 2. The van der Waals surface area contributed by atoms with Crippen LogP contribution >= 0.6 is 0 Å². The molecule has 1 unspecified atom stereocenters. The molecule has 4 nitrogen and oxygen atoms in total. The van der Waals surface area contributed by atoms with Crippen molar-refractivity contribution in [1.29, 1.82) is 0 Å². The van der Waals surface area contributed by atoms with Gasteiger partial charge in [-0.25, -0.2) is 0 Å². The summed E-state index contributed by atoms with van der Waals surface area (Å²) in [6.45, 7) is 5.23. The number of aliphatic hydroxyl groups is 1. The summed E-state index contributed by atoms with van der Waals surface area (Å²) in [5.74, 6) is 0.603. The topological polar surface area (TPSA) is 57.6 Å². The lowest BCUT2D eigenvalue weighted by molar-refractivity contribution is -0.144. The van der Waals surface area contributed by atoms with Crippen molar-refractivity contribution >= 4 is 11.7 Å². The molecular weight excluding hydrogens is 374 g/mol. The smallest absolute Gasteiger partial charge is 0.254 e. The van der Waals surface area contributed by atoms with Gasteiger partial charge in [0.1, 0.15) is 5.60 Å². The molecule has 0 bridgehead atoms. The van der Waals surface area contributed by atoms with Crippen molar-refractivity contribution in [3.63, 3.8) is 0 Å². The van der Waals surface area contributed by atoms with Crippen molar-refractivity contribution in [2.24, 2.45) is 5.41 Å². The normalized spacial score (nSPS) is 23.3. The monoisotopic (exact) mass is 403 g/mol. The van der Waals surface area contributed by atoms with E-state index in [0.717, 1.165) is 42.6 Å². The van der Waals surface area contributed by atoms with Crippen LogP contribution in [0.1, 0.15) is 66.4 Å². The minimum atomic E-state index is -1.04. The Balaban J connectivity index is 1.27. The van der Waals surface area contributed by atoms with Gasteiger partial charge in [0.2, 0.25) is 0 Å². The second-order valence-corrected chi connectivity index (χ2v) is 9.65. The van der Waals surface area contributed by atoms with Gasteiger partial charge in [0, 0.05) is 18.7 Å². The third-order valence-corrected chi connectivity index (χ3v) is 7.63. The van der Waals surface area contributed by atoms with E-state index in [2.05, 4.69) is 31.2 Å². The highest BCUT2D eigenvalue weighted by Gasteiger charge is 2.57. The van der Waals surface area contributed by atoms with Crippen LogP contribution in [0.4, 0.5) is 0 Å². The molecule has 5 rings (SSSR count). The van der Waals surface area contributed by atoms with Gasteiger partial charge in [0.15, 0.2) is 5.78 Å². The zero-order valence-electron chi connectivity index (χ0n) is 17.8. The maximum absolute atomic E-state index is 12.4. The Bertz CT molecular complexity index is 1010. The number of nitrogens with zero attached hydrogens (tertiary/aromatic N) is 1. The molecule has 0 aromatic heterocycles. The second-order valence-electron chi connectivity index (χ2n) is 9.65. The number of benzene rings is 2. The second kappa shape index (κ2) is 6.78. The number of piperidine rings is 1. The van der Waals surface area contributed by atoms with E-state index in [4.69, 9.17) is 0 Å². The third-order valence-electron chi connectivity index (χ3n) is 7.63. The van der Waals surface area contributed by atoms with Crippen molar-refractivity contribution in [2.45, 2.75) is 57.5 Å². The number of amides is 1. The molecule has 0 radical (unpaired) electrons. The summed E-state index contributed by atoms with van der Waals surface area (Å²) in [7, 11) is 0. The van der Waals surface area contributed by atoms with Crippen molar-refractivity contribution in [1.82, 2.24) is 4.90 Å². The van der Waals surface area contributed by atoms with Crippen LogP contribution < -0.4 is 0 Å². The summed E-state index contributed by atoms with van der Waals surface area (Å²) in [5, 5.41) is 10.1. The summed E-state index contributed by atoms with van der Waals surface area (Å²) in [5.41, 5.74) is 4.84. The third kappa shape index (κ3) is 3.27. The highest BCUT2D eigenvalue weighted by atomic mass is 16.3. The Kier molecular flexibility index (Phi) is 4.41. The molecule has 1 spiro atoms. The minimum Gasteiger partial charge on any atom is -0.380 e. The van der Waals surface area contributed by atoms with Gasteiger partial charge in [-0.3, -0.25) is 9.59 Å². The molecule has 2 aromatic carbocycles. The predicted octanol–water partition coefficient (Wildman–Crippen LogP) is 4.49. The van der Waals surface area contributed by atoms with Gasteiger partial charge in [0.25, 0.3) is 5.91 Å². The van der Waals surface area contributed by atoms with E-state index in [-0.39, 0.29) is 11.7 Å². The molecule has 1 heterocycles. The first-order chi connectivity index (χ1) is 14.3. The van der Waals surface area contributed by atoms with Crippen LogP contribution in [0.25, 0.3) is 11.1 Å². The van der Waals surface area contributed by atoms with Crippen LogP contribution in [-0.4, -0.2) is 40.4 Å². The molecule has 3 aliphatic rings. The van der Waals surface area contributed by atoms with E-state index >= 15 is 0 Å². The fourth-order valence-electron chi connectivity index (χ4n) is 5.20. The van der Waals surface area contributed by atoms with Crippen LogP contribution in [-0.2, 0) is 4.79 Å². The van der Waals surface area contributed by atoms with Gasteiger partial charge in [0.05, 0.1) is 0 Å². The zero-order valence-corrected chi connectivity index (χ0v) is 17.8. The Morgan fingerprint density at radius 1 is 1.00 bits per heavy atom. The maximum Gasteiger partial charge on any atom is 0.254 e. The van der Waals surface area contributed by atoms with Crippen molar-refractivity contribution in [3.05, 3.63) is 59.2 Å². The summed E-state index contributed by atoms with van der Waals surface area (Å²) < 4.78 is 0. The molecule has 2 aromatic rings. The fourth-order valence-corrected chi connectivity index (χ4v) is 5.20. The number of carbonyl (C=O) groups excluding carboxylic acids is 2. The Labute approximate surface area is 177 Å². The zero-order chi connectivity index (χ0) is 21.1. The molecule has 1 aliphatic heterocycles. The summed E-state index contributed by atoms with van der Waals surface area (Å²) >= 11 is 0. The fraction of sp³-hybridized carbons (Fsp3) is 0.462. The van der Waals surface area contributed by atoms with Crippen molar-refractivity contribution in [2.75, 3.05) is 13.1 Å². The Hall–Kier alpha value is -2.46. The van der Waals surface area contributed by atoms with Gasteiger partial charge in [-0.1, -0.05) is 36.4 Å². The van der Waals surface area contributed by atoms with E-state index in [9.17, 15) is 14.7 Å². The molecule has 2 saturated carbocycles. The van der Waals surface area contributed by atoms with Gasteiger partial charge in [-0.15, -0.1) is 0 Å². The molecule has 3 fully saturated rings. The van der Waals surface area contributed by atoms with Crippen LogP contribution in [0.15, 0.2) is 42.5 Å². The number of hydrogen-bond donors (Lipinski definition) is 1. The number of ketones is 1. The lowest BCUT2D eigenvalue weighted by atomic mass is 9.88. The van der Waals surface area contributed by atoms with Gasteiger partial charge >= 0.3 is 0 Å². The summed E-state index contributed by atoms with van der Waals surface area (Å²) in [4.78, 5) is 26.0. The SMILES string of the molecule is CC(=O)c1ccc(C)c(-c2ccc(C3CC34CCN(C(=O)C3(O)CC3)CC4)cc2)c1. The van der Waals surface area contributed by atoms with Crippen molar-refractivity contribution in [3.8, 4) is 11.1 Å². The number of aryl methyl sites for hydroxylation is 1. The predicted molar refractivity (Wildman–Crippen MR) is 116 cm³/mol. The van der Waals surface area contributed by atoms with Gasteiger partial charge in [-0.05, 0) is 85.6 Å².